The fraction of sp³-hybridized carbons (Fsp3) is 0.409. The third kappa shape index (κ3) is 5.10. The van der Waals surface area contributed by atoms with Crippen molar-refractivity contribution in [3.63, 3.8) is 0 Å². The lowest BCUT2D eigenvalue weighted by Gasteiger charge is -2.41. The van der Waals surface area contributed by atoms with Crippen LogP contribution in [0.4, 0.5) is 5.69 Å². The number of hydrogen-bond donors (Lipinski definition) is 2. The molecular weight excluding hydrogens is 465 g/mol. The Bertz CT molecular complexity index is 807. The molecule has 28 heavy (non-hydrogen) atoms. The summed E-state index contributed by atoms with van der Waals surface area (Å²) in [5, 5.41) is 3.19. The summed E-state index contributed by atoms with van der Waals surface area (Å²) in [5.74, 6) is 1.98. The number of hydrogen-bond acceptors (Lipinski definition) is 3. The fourth-order valence-electron chi connectivity index (χ4n) is 3.78. The normalized spacial score (nSPS) is 17.6. The number of benzene rings is 2. The van der Waals surface area contributed by atoms with Gasteiger partial charge in [0, 0.05) is 24.7 Å². The third-order valence-electron chi connectivity index (χ3n) is 5.44. The Kier molecular flexibility index (Phi) is 7.04. The molecule has 3 N–H and O–H groups in total. The highest BCUT2D eigenvalue weighted by Gasteiger charge is 2.36. The highest BCUT2D eigenvalue weighted by molar-refractivity contribution is 14.0. The molecule has 1 saturated carbocycles. The monoisotopic (exact) mass is 493 g/mol. The van der Waals surface area contributed by atoms with E-state index in [-0.39, 0.29) is 29.4 Å². The van der Waals surface area contributed by atoms with Gasteiger partial charge in [0.25, 0.3) is 0 Å². The van der Waals surface area contributed by atoms with E-state index in [0.29, 0.717) is 19.2 Å². The highest BCUT2D eigenvalue weighted by atomic mass is 127. The summed E-state index contributed by atoms with van der Waals surface area (Å²) in [5.41, 5.74) is 8.65. The van der Waals surface area contributed by atoms with Crippen molar-refractivity contribution in [2.75, 3.05) is 25.1 Å². The summed E-state index contributed by atoms with van der Waals surface area (Å²) in [6.45, 7) is 2.11. The number of nitrogens with one attached hydrogen (secondary N) is 1. The van der Waals surface area contributed by atoms with E-state index < -0.39 is 0 Å². The maximum Gasteiger partial charge on any atom is 0.193 e. The Morgan fingerprint density at radius 2 is 1.75 bits per heavy atom. The molecule has 150 valence electrons. The molecule has 0 saturated heterocycles. The van der Waals surface area contributed by atoms with Crippen LogP contribution in [-0.2, 0) is 6.42 Å². The minimum absolute atomic E-state index is 0. The van der Waals surface area contributed by atoms with Gasteiger partial charge in [0.05, 0.1) is 13.2 Å². The molecule has 1 fully saturated rings. The molecule has 1 aliphatic heterocycles. The van der Waals surface area contributed by atoms with Crippen molar-refractivity contribution in [1.29, 1.82) is 0 Å². The van der Waals surface area contributed by atoms with Gasteiger partial charge >= 0.3 is 0 Å². The first-order valence-electron chi connectivity index (χ1n) is 9.73. The lowest BCUT2D eigenvalue weighted by molar-refractivity contribution is 0.145. The molecule has 2 aliphatic rings. The summed E-state index contributed by atoms with van der Waals surface area (Å²) in [7, 11) is 0. The number of aliphatic imine (C=N–C) groups is 1. The van der Waals surface area contributed by atoms with E-state index in [0.717, 1.165) is 36.6 Å². The molecule has 1 heterocycles. The summed E-state index contributed by atoms with van der Waals surface area (Å²) in [6, 6.07) is 16.4. The van der Waals surface area contributed by atoms with E-state index >= 15 is 0 Å². The first kappa shape index (κ1) is 20.8. The van der Waals surface area contributed by atoms with Crippen LogP contribution in [0.15, 0.2) is 53.5 Å². The largest absolute Gasteiger partial charge is 0.490 e. The summed E-state index contributed by atoms with van der Waals surface area (Å²) in [4.78, 5) is 4.65. The second-order valence-electron chi connectivity index (χ2n) is 7.55. The van der Waals surface area contributed by atoms with Crippen LogP contribution in [0.2, 0.25) is 0 Å². The van der Waals surface area contributed by atoms with Gasteiger partial charge in [-0.2, -0.15) is 0 Å². The minimum atomic E-state index is 0. The average Bonchev–Trinajstić information content (AvgIpc) is 2.89. The standard InChI is InChI=1S/C22H27N3O2.HI/c23-21(25-18-8-9-19-20(14-18)27-13-5-12-26-19)24-16-22(10-4-11-22)15-17-6-2-1-3-7-17;/h1-3,6-9,14H,4-5,10-13,15-16H2,(H3,23,24,25);1H. The number of halogens is 1. The molecule has 0 spiro atoms. The van der Waals surface area contributed by atoms with Gasteiger partial charge in [-0.25, -0.2) is 0 Å². The van der Waals surface area contributed by atoms with Gasteiger partial charge in [0.2, 0.25) is 0 Å². The Morgan fingerprint density at radius 1 is 1.00 bits per heavy atom. The van der Waals surface area contributed by atoms with Crippen LogP contribution in [0.1, 0.15) is 31.2 Å². The molecule has 5 nitrogen and oxygen atoms in total. The van der Waals surface area contributed by atoms with Crippen LogP contribution < -0.4 is 20.5 Å². The molecule has 2 aromatic carbocycles. The Morgan fingerprint density at radius 3 is 2.46 bits per heavy atom. The molecule has 4 rings (SSSR count). The number of ether oxygens (including phenoxy) is 2. The lowest BCUT2D eigenvalue weighted by atomic mass is 9.65. The van der Waals surface area contributed by atoms with Crippen molar-refractivity contribution in [3.05, 3.63) is 54.1 Å². The van der Waals surface area contributed by atoms with Gasteiger partial charge < -0.3 is 20.5 Å². The van der Waals surface area contributed by atoms with Gasteiger partial charge in [-0.3, -0.25) is 4.99 Å². The Labute approximate surface area is 183 Å². The van der Waals surface area contributed by atoms with Crippen molar-refractivity contribution >= 4 is 35.6 Å². The topological polar surface area (TPSA) is 68.9 Å². The predicted molar refractivity (Wildman–Crippen MR) is 124 cm³/mol. The van der Waals surface area contributed by atoms with E-state index in [1.54, 1.807) is 0 Å². The van der Waals surface area contributed by atoms with E-state index in [2.05, 4.69) is 40.6 Å². The third-order valence-corrected chi connectivity index (χ3v) is 5.44. The molecule has 0 bridgehead atoms. The van der Waals surface area contributed by atoms with Gasteiger partial charge in [0.1, 0.15) is 0 Å². The van der Waals surface area contributed by atoms with Crippen LogP contribution in [0, 0.1) is 5.41 Å². The molecule has 2 aromatic rings. The van der Waals surface area contributed by atoms with E-state index in [9.17, 15) is 0 Å². The molecule has 0 atom stereocenters. The smallest absolute Gasteiger partial charge is 0.193 e. The van der Waals surface area contributed by atoms with Crippen molar-refractivity contribution in [2.45, 2.75) is 32.1 Å². The molecule has 0 amide bonds. The fourth-order valence-corrected chi connectivity index (χ4v) is 3.78. The second kappa shape index (κ2) is 9.49. The molecule has 1 aliphatic carbocycles. The predicted octanol–water partition coefficient (Wildman–Crippen LogP) is 4.61. The van der Waals surface area contributed by atoms with Crippen molar-refractivity contribution in [1.82, 2.24) is 0 Å². The van der Waals surface area contributed by atoms with E-state index in [4.69, 9.17) is 15.2 Å². The van der Waals surface area contributed by atoms with Gasteiger partial charge in [-0.05, 0) is 42.4 Å². The van der Waals surface area contributed by atoms with Crippen LogP contribution in [0.5, 0.6) is 11.5 Å². The molecule has 0 aromatic heterocycles. The number of rotatable bonds is 5. The average molecular weight is 493 g/mol. The number of guanidine groups is 1. The zero-order valence-corrected chi connectivity index (χ0v) is 18.4. The first-order valence-corrected chi connectivity index (χ1v) is 9.73. The van der Waals surface area contributed by atoms with E-state index in [1.807, 2.05) is 18.2 Å². The van der Waals surface area contributed by atoms with Crippen LogP contribution in [0.3, 0.4) is 0 Å². The quantitative estimate of drug-likeness (QED) is 0.363. The van der Waals surface area contributed by atoms with Crippen molar-refractivity contribution < 1.29 is 9.47 Å². The minimum Gasteiger partial charge on any atom is -0.490 e. The number of nitrogens with two attached hydrogens (primary N) is 1. The maximum atomic E-state index is 6.16. The number of nitrogens with zero attached hydrogens (tertiary/aromatic N) is 1. The molecule has 0 radical (unpaired) electrons. The highest BCUT2D eigenvalue weighted by Crippen LogP contribution is 2.44. The molecule has 6 heteroatoms. The Balaban J connectivity index is 0.00000225. The summed E-state index contributed by atoms with van der Waals surface area (Å²) < 4.78 is 11.4. The Hall–Kier alpha value is -1.96. The summed E-state index contributed by atoms with van der Waals surface area (Å²) >= 11 is 0. The zero-order valence-electron chi connectivity index (χ0n) is 16.0. The van der Waals surface area contributed by atoms with Gasteiger partial charge in [-0.1, -0.05) is 36.8 Å². The molecule has 0 unspecified atom stereocenters. The van der Waals surface area contributed by atoms with Crippen molar-refractivity contribution in [2.24, 2.45) is 16.1 Å². The second-order valence-corrected chi connectivity index (χ2v) is 7.55. The van der Waals surface area contributed by atoms with E-state index in [1.165, 1.54) is 24.8 Å². The van der Waals surface area contributed by atoms with Gasteiger partial charge in [-0.15, -0.1) is 24.0 Å². The summed E-state index contributed by atoms with van der Waals surface area (Å²) in [6.07, 6.45) is 5.66. The lowest BCUT2D eigenvalue weighted by Crippen LogP contribution is -2.36. The SMILES string of the molecule is I.NC(=NCC1(Cc2ccccc2)CCC1)Nc1ccc2c(c1)OCCCO2. The van der Waals surface area contributed by atoms with Crippen LogP contribution >= 0.6 is 24.0 Å². The van der Waals surface area contributed by atoms with Crippen molar-refractivity contribution in [3.8, 4) is 11.5 Å². The van der Waals surface area contributed by atoms with Crippen LogP contribution in [-0.4, -0.2) is 25.7 Å². The zero-order chi connectivity index (χ0) is 18.5. The maximum absolute atomic E-state index is 6.16. The van der Waals surface area contributed by atoms with Gasteiger partial charge in [0.15, 0.2) is 17.5 Å². The van der Waals surface area contributed by atoms with Crippen LogP contribution in [0.25, 0.3) is 0 Å². The number of anilines is 1. The number of fused-ring (bicyclic) bond motifs is 1. The first-order chi connectivity index (χ1) is 13.2. The molecular formula is C22H28IN3O2.